The lowest BCUT2D eigenvalue weighted by molar-refractivity contribution is -0.162. The van der Waals surface area contributed by atoms with Crippen LogP contribution in [-0.2, 0) is 19.1 Å². The molecule has 1 aliphatic heterocycles. The third-order valence-electron chi connectivity index (χ3n) is 3.56. The molecule has 0 bridgehead atoms. The topological polar surface area (TPSA) is 67.9 Å². The maximum absolute atomic E-state index is 13.1. The number of hydrogen-bond donors (Lipinski definition) is 1. The molecule has 2 amide bonds. The van der Waals surface area contributed by atoms with E-state index in [1.165, 1.54) is 24.1 Å². The van der Waals surface area contributed by atoms with Crippen LogP contribution in [0.3, 0.4) is 0 Å². The van der Waals surface area contributed by atoms with Crippen molar-refractivity contribution in [2.24, 2.45) is 0 Å². The zero-order chi connectivity index (χ0) is 16.1. The first-order valence-electron chi connectivity index (χ1n) is 6.94. The maximum Gasteiger partial charge on any atom is 0.251 e. The Morgan fingerprint density at radius 2 is 2.14 bits per heavy atom. The molecule has 1 heterocycles. The van der Waals surface area contributed by atoms with E-state index in [1.54, 1.807) is 19.2 Å². The number of halogens is 1. The summed E-state index contributed by atoms with van der Waals surface area (Å²) in [7, 11) is 3.14. The predicted octanol–water partition coefficient (Wildman–Crippen LogP) is 0.487. The summed E-state index contributed by atoms with van der Waals surface area (Å²) in [5.74, 6) is -0.934. The first-order valence-corrected chi connectivity index (χ1v) is 6.94. The normalized spacial score (nSPS) is 21.8. The van der Waals surface area contributed by atoms with Gasteiger partial charge in [-0.2, -0.15) is 0 Å². The van der Waals surface area contributed by atoms with Gasteiger partial charge in [-0.1, -0.05) is 12.1 Å². The number of rotatable bonds is 5. The molecule has 6 nitrogen and oxygen atoms in total. The van der Waals surface area contributed by atoms with E-state index >= 15 is 0 Å². The van der Waals surface area contributed by atoms with Gasteiger partial charge in [0.25, 0.3) is 5.91 Å². The minimum Gasteiger partial charge on any atom is -0.383 e. The number of benzene rings is 1. The van der Waals surface area contributed by atoms with Crippen LogP contribution < -0.4 is 5.32 Å². The van der Waals surface area contributed by atoms with Gasteiger partial charge in [-0.25, -0.2) is 4.39 Å². The Balaban J connectivity index is 2.20. The van der Waals surface area contributed by atoms with Gasteiger partial charge in [0, 0.05) is 20.7 Å². The monoisotopic (exact) mass is 310 g/mol. The van der Waals surface area contributed by atoms with Crippen LogP contribution in [0.4, 0.5) is 4.39 Å². The first kappa shape index (κ1) is 16.4. The standard InChI is InChI=1S/C15H19FN2O4/c1-18-12(19)9-22-14(15(20)17-7-8-21-2)13(18)10-3-5-11(16)6-4-10/h3-6,13-14H,7-9H2,1-2H3,(H,17,20)/t13-,14+/m0/s1. The highest BCUT2D eigenvalue weighted by molar-refractivity contribution is 5.86. The minimum absolute atomic E-state index is 0.156. The van der Waals surface area contributed by atoms with Gasteiger partial charge < -0.3 is 19.7 Å². The van der Waals surface area contributed by atoms with Crippen molar-refractivity contribution in [2.75, 3.05) is 33.9 Å². The van der Waals surface area contributed by atoms with E-state index in [0.717, 1.165) is 0 Å². The summed E-state index contributed by atoms with van der Waals surface area (Å²) in [5.41, 5.74) is 0.642. The highest BCUT2D eigenvalue weighted by Gasteiger charge is 2.39. The van der Waals surface area contributed by atoms with Crippen LogP contribution in [0.5, 0.6) is 0 Å². The predicted molar refractivity (Wildman–Crippen MR) is 76.5 cm³/mol. The fourth-order valence-electron chi connectivity index (χ4n) is 2.37. The Bertz CT molecular complexity index is 535. The summed E-state index contributed by atoms with van der Waals surface area (Å²) in [5, 5.41) is 2.70. The van der Waals surface area contributed by atoms with E-state index in [1.807, 2.05) is 0 Å². The van der Waals surface area contributed by atoms with Gasteiger partial charge in [-0.05, 0) is 17.7 Å². The molecule has 0 radical (unpaired) electrons. The van der Waals surface area contributed by atoms with Crippen molar-refractivity contribution in [3.05, 3.63) is 35.6 Å². The fraction of sp³-hybridized carbons (Fsp3) is 0.467. The number of hydrogen-bond acceptors (Lipinski definition) is 4. The number of carbonyl (C=O) groups excluding carboxylic acids is 2. The van der Waals surface area contributed by atoms with E-state index in [9.17, 15) is 14.0 Å². The lowest BCUT2D eigenvalue weighted by Crippen LogP contribution is -2.53. The summed E-state index contributed by atoms with van der Waals surface area (Å²) in [6.45, 7) is 0.577. The molecular weight excluding hydrogens is 291 g/mol. The van der Waals surface area contributed by atoms with Gasteiger partial charge in [-0.3, -0.25) is 9.59 Å². The third-order valence-corrected chi connectivity index (χ3v) is 3.56. The molecule has 7 heteroatoms. The first-order chi connectivity index (χ1) is 10.5. The molecule has 2 atom stereocenters. The maximum atomic E-state index is 13.1. The largest absolute Gasteiger partial charge is 0.383 e. The second-order valence-electron chi connectivity index (χ2n) is 5.02. The lowest BCUT2D eigenvalue weighted by atomic mass is 9.97. The van der Waals surface area contributed by atoms with E-state index in [-0.39, 0.29) is 24.2 Å². The highest BCUT2D eigenvalue weighted by atomic mass is 19.1. The molecule has 1 fully saturated rings. The lowest BCUT2D eigenvalue weighted by Gasteiger charge is -2.38. The number of carbonyl (C=O) groups is 2. The van der Waals surface area contributed by atoms with Crippen LogP contribution in [-0.4, -0.2) is 56.7 Å². The van der Waals surface area contributed by atoms with Crippen molar-refractivity contribution in [3.8, 4) is 0 Å². The van der Waals surface area contributed by atoms with Gasteiger partial charge in [0.1, 0.15) is 12.4 Å². The molecule has 1 N–H and O–H groups in total. The van der Waals surface area contributed by atoms with E-state index in [4.69, 9.17) is 9.47 Å². The summed E-state index contributed by atoms with van der Waals surface area (Å²) < 4.78 is 23.4. The molecular formula is C15H19FN2O4. The summed E-state index contributed by atoms with van der Waals surface area (Å²) in [6, 6.07) is 5.09. The number of morpholine rings is 1. The molecule has 22 heavy (non-hydrogen) atoms. The Labute approximate surface area is 128 Å². The molecule has 120 valence electrons. The third kappa shape index (κ3) is 3.61. The summed E-state index contributed by atoms with van der Waals surface area (Å²) in [4.78, 5) is 25.6. The molecule has 1 aliphatic rings. The Hall–Kier alpha value is -1.99. The van der Waals surface area contributed by atoms with Crippen LogP contribution in [0.1, 0.15) is 11.6 Å². The number of nitrogens with zero attached hydrogens (tertiary/aromatic N) is 1. The van der Waals surface area contributed by atoms with Gasteiger partial charge >= 0.3 is 0 Å². The van der Waals surface area contributed by atoms with Crippen LogP contribution in [0.15, 0.2) is 24.3 Å². The van der Waals surface area contributed by atoms with Crippen LogP contribution in [0.25, 0.3) is 0 Å². The van der Waals surface area contributed by atoms with Gasteiger partial charge in [0.15, 0.2) is 6.10 Å². The average Bonchev–Trinajstić information content (AvgIpc) is 2.51. The molecule has 0 spiro atoms. The summed E-state index contributed by atoms with van der Waals surface area (Å²) in [6.07, 6.45) is -0.843. The number of ether oxygens (including phenoxy) is 2. The number of methoxy groups -OCH3 is 1. The van der Waals surface area contributed by atoms with Crippen molar-refractivity contribution in [1.82, 2.24) is 10.2 Å². The van der Waals surface area contributed by atoms with Gasteiger partial charge in [-0.15, -0.1) is 0 Å². The molecule has 1 aromatic carbocycles. The minimum atomic E-state index is -0.843. The second kappa shape index (κ2) is 7.33. The fourth-order valence-corrected chi connectivity index (χ4v) is 2.37. The van der Waals surface area contributed by atoms with Crippen LogP contribution in [0, 0.1) is 5.82 Å². The molecule has 0 saturated carbocycles. The second-order valence-corrected chi connectivity index (χ2v) is 5.02. The van der Waals surface area contributed by atoms with Crippen molar-refractivity contribution < 1.29 is 23.5 Å². The van der Waals surface area contributed by atoms with Crippen molar-refractivity contribution in [2.45, 2.75) is 12.1 Å². The number of nitrogens with one attached hydrogen (secondary N) is 1. The zero-order valence-corrected chi connectivity index (χ0v) is 12.5. The van der Waals surface area contributed by atoms with Crippen molar-refractivity contribution in [1.29, 1.82) is 0 Å². The Morgan fingerprint density at radius 1 is 1.45 bits per heavy atom. The highest BCUT2D eigenvalue weighted by Crippen LogP contribution is 2.29. The van der Waals surface area contributed by atoms with Crippen LogP contribution in [0.2, 0.25) is 0 Å². The van der Waals surface area contributed by atoms with E-state index in [0.29, 0.717) is 18.7 Å². The zero-order valence-electron chi connectivity index (χ0n) is 12.5. The van der Waals surface area contributed by atoms with Gasteiger partial charge in [0.05, 0.1) is 12.6 Å². The number of likely N-dealkylation sites (N-methyl/N-ethyl adjacent to an activating group) is 1. The van der Waals surface area contributed by atoms with Crippen molar-refractivity contribution >= 4 is 11.8 Å². The molecule has 0 aliphatic carbocycles. The molecule has 1 saturated heterocycles. The summed E-state index contributed by atoms with van der Waals surface area (Å²) >= 11 is 0. The Kier molecular flexibility index (Phi) is 5.46. The molecule has 2 rings (SSSR count). The SMILES string of the molecule is COCCNC(=O)[C@@H]1OCC(=O)N(C)[C@H]1c1ccc(F)cc1. The molecule has 1 aromatic rings. The molecule has 0 unspecified atom stereocenters. The van der Waals surface area contributed by atoms with E-state index in [2.05, 4.69) is 5.32 Å². The molecule has 0 aromatic heterocycles. The smallest absolute Gasteiger partial charge is 0.251 e. The average molecular weight is 310 g/mol. The quantitative estimate of drug-likeness (QED) is 0.804. The van der Waals surface area contributed by atoms with Crippen molar-refractivity contribution in [3.63, 3.8) is 0 Å². The number of amides is 2. The van der Waals surface area contributed by atoms with Crippen LogP contribution >= 0.6 is 0 Å². The van der Waals surface area contributed by atoms with E-state index < -0.39 is 12.1 Å². The van der Waals surface area contributed by atoms with Gasteiger partial charge in [0.2, 0.25) is 5.91 Å². The Morgan fingerprint density at radius 3 is 2.77 bits per heavy atom.